The summed E-state index contributed by atoms with van der Waals surface area (Å²) in [4.78, 5) is 10.9. The minimum absolute atomic E-state index is 0.0991. The van der Waals surface area contributed by atoms with E-state index in [1.54, 1.807) is 0 Å². The molecule has 0 aliphatic rings. The fourth-order valence-electron chi connectivity index (χ4n) is 1.88. The first kappa shape index (κ1) is 13.8. The maximum Gasteiger partial charge on any atom is 0.305 e. The SMILES string of the molecule is CCc1cccc(CCCCCC(=O)OC)c1. The molecular formula is C15H22O2. The Bertz CT molecular complexity index is 345. The zero-order valence-electron chi connectivity index (χ0n) is 10.9. The molecule has 0 atom stereocenters. The average Bonchev–Trinajstić information content (AvgIpc) is 2.38. The molecule has 0 bridgehead atoms. The second-order valence-electron chi connectivity index (χ2n) is 4.31. The Kier molecular flexibility index (Phi) is 6.38. The summed E-state index contributed by atoms with van der Waals surface area (Å²) in [6.07, 6.45) is 5.91. The molecule has 1 rings (SSSR count). The molecule has 2 nitrogen and oxygen atoms in total. The molecule has 0 radical (unpaired) electrons. The van der Waals surface area contributed by atoms with Gasteiger partial charge in [-0.1, -0.05) is 37.6 Å². The summed E-state index contributed by atoms with van der Waals surface area (Å²) in [6.45, 7) is 2.18. The monoisotopic (exact) mass is 234 g/mol. The highest BCUT2D eigenvalue weighted by Crippen LogP contribution is 2.11. The zero-order valence-corrected chi connectivity index (χ0v) is 10.9. The van der Waals surface area contributed by atoms with Gasteiger partial charge in [-0.15, -0.1) is 0 Å². The van der Waals surface area contributed by atoms with Gasteiger partial charge >= 0.3 is 5.97 Å². The van der Waals surface area contributed by atoms with Gasteiger partial charge in [-0.05, 0) is 36.8 Å². The Morgan fingerprint density at radius 3 is 2.65 bits per heavy atom. The number of hydrogen-bond acceptors (Lipinski definition) is 2. The number of carbonyl (C=O) groups excluding carboxylic acids is 1. The van der Waals surface area contributed by atoms with Crippen molar-refractivity contribution in [2.24, 2.45) is 0 Å². The van der Waals surface area contributed by atoms with Crippen molar-refractivity contribution in [1.82, 2.24) is 0 Å². The molecule has 0 saturated heterocycles. The number of ether oxygens (including phenoxy) is 1. The van der Waals surface area contributed by atoms with Crippen LogP contribution in [-0.4, -0.2) is 13.1 Å². The smallest absolute Gasteiger partial charge is 0.305 e. The number of esters is 1. The molecule has 0 aliphatic heterocycles. The lowest BCUT2D eigenvalue weighted by atomic mass is 10.0. The Labute approximate surface area is 104 Å². The van der Waals surface area contributed by atoms with Crippen LogP contribution < -0.4 is 0 Å². The summed E-state index contributed by atoms with van der Waals surface area (Å²) in [7, 11) is 1.44. The molecule has 0 saturated carbocycles. The van der Waals surface area contributed by atoms with Gasteiger partial charge in [0.1, 0.15) is 0 Å². The maximum atomic E-state index is 10.9. The molecule has 0 N–H and O–H groups in total. The van der Waals surface area contributed by atoms with Crippen LogP contribution in [0.3, 0.4) is 0 Å². The largest absolute Gasteiger partial charge is 0.469 e. The first-order chi connectivity index (χ1) is 8.26. The third-order valence-electron chi connectivity index (χ3n) is 2.97. The van der Waals surface area contributed by atoms with E-state index >= 15 is 0 Å². The van der Waals surface area contributed by atoms with Gasteiger partial charge in [0.05, 0.1) is 7.11 Å². The van der Waals surface area contributed by atoms with Crippen LogP contribution in [0.5, 0.6) is 0 Å². The molecule has 1 aromatic carbocycles. The van der Waals surface area contributed by atoms with Crippen molar-refractivity contribution in [1.29, 1.82) is 0 Å². The van der Waals surface area contributed by atoms with Crippen LogP contribution in [-0.2, 0) is 22.4 Å². The second-order valence-corrected chi connectivity index (χ2v) is 4.31. The predicted octanol–water partition coefficient (Wildman–Crippen LogP) is 3.52. The lowest BCUT2D eigenvalue weighted by molar-refractivity contribution is -0.140. The average molecular weight is 234 g/mol. The third-order valence-corrected chi connectivity index (χ3v) is 2.97. The molecule has 94 valence electrons. The third kappa shape index (κ3) is 5.53. The van der Waals surface area contributed by atoms with Crippen LogP contribution in [0, 0.1) is 0 Å². The fraction of sp³-hybridized carbons (Fsp3) is 0.533. The van der Waals surface area contributed by atoms with Crippen LogP contribution in [0.25, 0.3) is 0 Å². The van der Waals surface area contributed by atoms with Crippen LogP contribution in [0.15, 0.2) is 24.3 Å². The summed E-state index contributed by atoms with van der Waals surface area (Å²) in [6, 6.07) is 8.75. The van der Waals surface area contributed by atoms with Crippen LogP contribution >= 0.6 is 0 Å². The lowest BCUT2D eigenvalue weighted by Gasteiger charge is -2.04. The normalized spacial score (nSPS) is 10.2. The van der Waals surface area contributed by atoms with Crippen molar-refractivity contribution in [2.45, 2.75) is 45.4 Å². The number of benzene rings is 1. The van der Waals surface area contributed by atoms with Crippen molar-refractivity contribution in [3.05, 3.63) is 35.4 Å². The maximum absolute atomic E-state index is 10.9. The summed E-state index contributed by atoms with van der Waals surface area (Å²) < 4.78 is 4.61. The van der Waals surface area contributed by atoms with E-state index in [1.165, 1.54) is 18.2 Å². The molecule has 0 fully saturated rings. The first-order valence-corrected chi connectivity index (χ1v) is 6.41. The summed E-state index contributed by atoms with van der Waals surface area (Å²) >= 11 is 0. The number of methoxy groups -OCH3 is 1. The summed E-state index contributed by atoms with van der Waals surface area (Å²) in [5.74, 6) is -0.0991. The number of carbonyl (C=O) groups is 1. The number of unbranched alkanes of at least 4 members (excludes halogenated alkanes) is 2. The molecule has 2 heteroatoms. The molecule has 17 heavy (non-hydrogen) atoms. The summed E-state index contributed by atoms with van der Waals surface area (Å²) in [5, 5.41) is 0. The second kappa shape index (κ2) is 7.88. The first-order valence-electron chi connectivity index (χ1n) is 6.41. The highest BCUT2D eigenvalue weighted by Gasteiger charge is 2.00. The van der Waals surface area contributed by atoms with Gasteiger partial charge in [-0.3, -0.25) is 4.79 Å². The Morgan fingerprint density at radius 2 is 1.94 bits per heavy atom. The van der Waals surface area contributed by atoms with Crippen molar-refractivity contribution in [3.8, 4) is 0 Å². The Morgan fingerprint density at radius 1 is 1.18 bits per heavy atom. The van der Waals surface area contributed by atoms with Crippen LogP contribution in [0.4, 0.5) is 0 Å². The standard InChI is InChI=1S/C15H22O2/c1-3-13-9-7-10-14(12-13)8-5-4-6-11-15(16)17-2/h7,9-10,12H,3-6,8,11H2,1-2H3. The topological polar surface area (TPSA) is 26.3 Å². The van der Waals surface area contributed by atoms with Crippen molar-refractivity contribution in [3.63, 3.8) is 0 Å². The van der Waals surface area contributed by atoms with Crippen molar-refractivity contribution in [2.75, 3.05) is 7.11 Å². The van der Waals surface area contributed by atoms with E-state index in [-0.39, 0.29) is 5.97 Å². The van der Waals surface area contributed by atoms with Gasteiger partial charge in [-0.2, -0.15) is 0 Å². The van der Waals surface area contributed by atoms with Crippen molar-refractivity contribution >= 4 is 5.97 Å². The molecule has 0 aliphatic carbocycles. The molecule has 0 spiro atoms. The van der Waals surface area contributed by atoms with E-state index in [0.29, 0.717) is 6.42 Å². The van der Waals surface area contributed by atoms with Gasteiger partial charge in [0, 0.05) is 6.42 Å². The predicted molar refractivity (Wildman–Crippen MR) is 70.0 cm³/mol. The molecule has 0 unspecified atom stereocenters. The highest BCUT2D eigenvalue weighted by atomic mass is 16.5. The minimum atomic E-state index is -0.0991. The number of hydrogen-bond donors (Lipinski definition) is 0. The van der Waals surface area contributed by atoms with Gasteiger partial charge in [-0.25, -0.2) is 0 Å². The van der Waals surface area contributed by atoms with Gasteiger partial charge < -0.3 is 4.74 Å². The van der Waals surface area contributed by atoms with Crippen molar-refractivity contribution < 1.29 is 9.53 Å². The van der Waals surface area contributed by atoms with E-state index < -0.39 is 0 Å². The number of aryl methyl sites for hydroxylation is 2. The van der Waals surface area contributed by atoms with Crippen LogP contribution in [0.2, 0.25) is 0 Å². The van der Waals surface area contributed by atoms with E-state index in [0.717, 1.165) is 32.1 Å². The van der Waals surface area contributed by atoms with Crippen LogP contribution in [0.1, 0.15) is 43.7 Å². The molecular weight excluding hydrogens is 212 g/mol. The van der Waals surface area contributed by atoms with Gasteiger partial charge in [0.15, 0.2) is 0 Å². The van der Waals surface area contributed by atoms with E-state index in [2.05, 4.69) is 35.9 Å². The van der Waals surface area contributed by atoms with E-state index in [1.807, 2.05) is 0 Å². The van der Waals surface area contributed by atoms with Gasteiger partial charge in [0.25, 0.3) is 0 Å². The van der Waals surface area contributed by atoms with E-state index in [9.17, 15) is 4.79 Å². The quantitative estimate of drug-likeness (QED) is 0.533. The zero-order chi connectivity index (χ0) is 12.5. The summed E-state index contributed by atoms with van der Waals surface area (Å²) in [5.41, 5.74) is 2.81. The Hall–Kier alpha value is -1.31. The molecule has 0 aromatic heterocycles. The minimum Gasteiger partial charge on any atom is -0.469 e. The molecule has 1 aromatic rings. The lowest BCUT2D eigenvalue weighted by Crippen LogP contribution is -1.99. The Balaban J connectivity index is 2.19. The highest BCUT2D eigenvalue weighted by molar-refractivity contribution is 5.68. The van der Waals surface area contributed by atoms with Gasteiger partial charge in [0.2, 0.25) is 0 Å². The molecule has 0 amide bonds. The fourth-order valence-corrected chi connectivity index (χ4v) is 1.88. The number of rotatable bonds is 7. The van der Waals surface area contributed by atoms with E-state index in [4.69, 9.17) is 0 Å². The molecule has 0 heterocycles.